The van der Waals surface area contributed by atoms with Crippen LogP contribution in [0.15, 0.2) is 60.7 Å². The normalized spacial score (nSPS) is 11.5. The Balaban J connectivity index is -0.000000607. The lowest BCUT2D eigenvalue weighted by molar-refractivity contribution is 1.17. The van der Waals surface area contributed by atoms with Gasteiger partial charge < -0.3 is 0 Å². The van der Waals surface area contributed by atoms with E-state index in [4.69, 9.17) is 0 Å². The highest BCUT2D eigenvalue weighted by Crippen LogP contribution is 2.34. The number of aryl methyl sites for hydroxylation is 3. The predicted octanol–water partition coefficient (Wildman–Crippen LogP) is 17.5. The van der Waals surface area contributed by atoms with Crippen LogP contribution in [-0.4, -0.2) is 13.4 Å². The smallest absolute Gasteiger partial charge is 0.0865 e. The number of benzene rings is 3. The molecule has 0 saturated heterocycles. The molecule has 54 heavy (non-hydrogen) atoms. The Kier molecular flexibility index (Phi) is 33.1. The highest BCUT2D eigenvalue weighted by atomic mass is 14.2. The second-order valence-corrected chi connectivity index (χ2v) is 14.6. The minimum atomic E-state index is 0.833. The fourth-order valence-electron chi connectivity index (χ4n) is 6.12. The van der Waals surface area contributed by atoms with Crippen molar-refractivity contribution in [1.29, 1.82) is 0 Å². The second-order valence-electron chi connectivity index (χ2n) is 14.6. The molecule has 0 fully saturated rings. The molecule has 0 bridgehead atoms. The zero-order valence-corrected chi connectivity index (χ0v) is 40.2. The Morgan fingerprint density at radius 1 is 0.426 bits per heavy atom. The molecule has 2 heteroatoms. The lowest BCUT2D eigenvalue weighted by atomic mass is 9.58. The molecule has 0 spiro atoms. The molecule has 6 rings (SSSR count). The molecule has 0 amide bonds. The van der Waals surface area contributed by atoms with Crippen molar-refractivity contribution in [2.24, 2.45) is 0 Å². The molecule has 0 saturated carbocycles. The van der Waals surface area contributed by atoms with Gasteiger partial charge in [0, 0.05) is 0 Å². The van der Waals surface area contributed by atoms with Crippen LogP contribution in [0.3, 0.4) is 0 Å². The van der Waals surface area contributed by atoms with Gasteiger partial charge in [0.25, 0.3) is 0 Å². The monoisotopic (exact) mass is 735 g/mol. The van der Waals surface area contributed by atoms with Crippen LogP contribution in [0.5, 0.6) is 0 Å². The first kappa shape index (κ1) is 55.3. The largest absolute Gasteiger partial charge is 0.130 e. The average molecular weight is 735 g/mol. The molecular weight excluding hydrogens is 646 g/mol. The molecule has 0 atom stereocenters. The molecule has 0 unspecified atom stereocenters. The van der Waals surface area contributed by atoms with E-state index in [1.807, 2.05) is 55.4 Å². The summed E-state index contributed by atoms with van der Waals surface area (Å²) in [6.07, 6.45) is 14.0. The van der Waals surface area contributed by atoms with Crippen molar-refractivity contribution < 1.29 is 0 Å². The van der Waals surface area contributed by atoms with Gasteiger partial charge in [-0.05, 0) is 140 Å². The number of hydrogen-bond donors (Lipinski definition) is 0. The van der Waals surface area contributed by atoms with Gasteiger partial charge in [-0.1, -0.05) is 189 Å². The first-order valence-corrected chi connectivity index (χ1v) is 22.1. The average Bonchev–Trinajstić information content (AvgIpc) is 3.90. The molecular formula is C52H88B2. The maximum atomic E-state index is 2.39. The third-order valence-electron chi connectivity index (χ3n) is 8.68. The number of hydrogen-bond acceptors (Lipinski definition) is 0. The van der Waals surface area contributed by atoms with Crippen LogP contribution < -0.4 is 0 Å². The first-order chi connectivity index (χ1) is 25.7. The lowest BCUT2D eigenvalue weighted by Gasteiger charge is -2.12. The second kappa shape index (κ2) is 32.3. The van der Waals surface area contributed by atoms with Gasteiger partial charge in [0.1, 0.15) is 13.4 Å². The van der Waals surface area contributed by atoms with Crippen LogP contribution in [-0.2, 0) is 19.3 Å². The summed E-state index contributed by atoms with van der Waals surface area (Å²) < 4.78 is 0. The fraction of sp³-hybridized carbons (Fsp3) is 0.538. The third kappa shape index (κ3) is 19.6. The van der Waals surface area contributed by atoms with Crippen LogP contribution >= 0.6 is 0 Å². The van der Waals surface area contributed by atoms with Crippen LogP contribution in [0.1, 0.15) is 157 Å². The quantitative estimate of drug-likeness (QED) is 0.235. The van der Waals surface area contributed by atoms with Crippen molar-refractivity contribution in [3.05, 3.63) is 122 Å². The maximum Gasteiger partial charge on any atom is 0.130 e. The van der Waals surface area contributed by atoms with Crippen molar-refractivity contribution in [2.75, 3.05) is 0 Å². The molecule has 3 aromatic carbocycles. The molecule has 302 valence electrons. The van der Waals surface area contributed by atoms with Crippen molar-refractivity contribution >= 4 is 30.1 Å². The van der Waals surface area contributed by atoms with Gasteiger partial charge >= 0.3 is 0 Å². The van der Waals surface area contributed by atoms with E-state index in [0.717, 1.165) is 52.0 Å². The molecule has 3 aromatic rings. The maximum absolute atomic E-state index is 2.39. The molecule has 3 aliphatic carbocycles. The Labute approximate surface area is 341 Å². The molecule has 0 N–H and O–H groups in total. The Bertz CT molecular complexity index is 1450. The Morgan fingerprint density at radius 3 is 1.07 bits per heavy atom. The molecule has 0 nitrogen and oxygen atoms in total. The van der Waals surface area contributed by atoms with E-state index in [1.54, 1.807) is 5.56 Å². The summed E-state index contributed by atoms with van der Waals surface area (Å²) in [7, 11) is 0. The molecule has 0 aliphatic heterocycles. The Hall–Kier alpha value is -2.99. The van der Waals surface area contributed by atoms with Gasteiger partial charge in [-0.25, -0.2) is 0 Å². The summed E-state index contributed by atoms with van der Waals surface area (Å²) in [5.74, 6) is 0. The van der Waals surface area contributed by atoms with Crippen molar-refractivity contribution in [1.82, 2.24) is 0 Å². The van der Waals surface area contributed by atoms with E-state index in [0.29, 0.717) is 0 Å². The van der Waals surface area contributed by atoms with Crippen molar-refractivity contribution in [3.8, 4) is 0 Å². The van der Waals surface area contributed by atoms with Gasteiger partial charge in [-0.3, -0.25) is 0 Å². The number of allylic oxidation sites excluding steroid dienone is 6. The fourth-order valence-corrected chi connectivity index (χ4v) is 6.12. The highest BCUT2D eigenvalue weighted by Gasteiger charge is 2.17. The van der Waals surface area contributed by atoms with Gasteiger partial charge in [0.2, 0.25) is 0 Å². The molecule has 0 radical (unpaired) electrons. The van der Waals surface area contributed by atoms with E-state index in [1.165, 1.54) is 72.4 Å². The summed E-state index contributed by atoms with van der Waals surface area (Å²) in [4.78, 5) is 0. The summed E-state index contributed by atoms with van der Waals surface area (Å²) in [5, 5.41) is 0. The van der Waals surface area contributed by atoms with Gasteiger partial charge in [-0.2, -0.15) is 0 Å². The van der Waals surface area contributed by atoms with E-state index >= 15 is 0 Å². The zero-order valence-electron chi connectivity index (χ0n) is 40.2. The summed E-state index contributed by atoms with van der Waals surface area (Å²) >= 11 is 0. The third-order valence-corrected chi connectivity index (χ3v) is 8.68. The molecule has 0 heterocycles. The molecule has 3 aliphatic rings. The van der Waals surface area contributed by atoms with Crippen molar-refractivity contribution in [3.63, 3.8) is 0 Å². The van der Waals surface area contributed by atoms with Crippen LogP contribution in [0.25, 0.3) is 16.7 Å². The van der Waals surface area contributed by atoms with E-state index in [2.05, 4.69) is 157 Å². The topological polar surface area (TPSA) is 0 Å². The summed E-state index contributed by atoms with van der Waals surface area (Å²) in [6, 6.07) is 15.9. The van der Waals surface area contributed by atoms with E-state index < -0.39 is 0 Å². The van der Waals surface area contributed by atoms with E-state index in [-0.39, 0.29) is 0 Å². The standard InChI is InChI=1S/C14H18.2C12H14.2C3H9B.4C2H6/c1-5-12-6-7-13-11(4)10(3)9(2)8-14(12)13;2*1-3-10-5-6-11-8-9(2)4-7-12(10)11;2*1-4(2)3;4*1-2/h6,8H,5,7H2,1-4H3;2*4-5,7-8H,3,6H2,1-2H3;2*1-3H3;4*1-2H3. The lowest BCUT2D eigenvalue weighted by Crippen LogP contribution is -1.95. The van der Waals surface area contributed by atoms with Gasteiger partial charge in [0.15, 0.2) is 0 Å². The summed E-state index contributed by atoms with van der Waals surface area (Å²) in [6.45, 7) is 48.4. The first-order valence-electron chi connectivity index (χ1n) is 22.1. The highest BCUT2D eigenvalue weighted by molar-refractivity contribution is 6.54. The number of rotatable bonds is 3. The predicted molar refractivity (Wildman–Crippen MR) is 261 cm³/mol. The minimum Gasteiger partial charge on any atom is -0.0865 e. The number of fused-ring (bicyclic) bond motifs is 3. The Morgan fingerprint density at radius 2 is 0.741 bits per heavy atom. The van der Waals surface area contributed by atoms with Gasteiger partial charge in [-0.15, -0.1) is 0 Å². The van der Waals surface area contributed by atoms with E-state index in [9.17, 15) is 0 Å². The van der Waals surface area contributed by atoms with Crippen LogP contribution in [0, 0.1) is 34.6 Å². The molecule has 0 aromatic heterocycles. The van der Waals surface area contributed by atoms with Crippen molar-refractivity contribution in [2.45, 2.75) is 190 Å². The van der Waals surface area contributed by atoms with Gasteiger partial charge in [0.05, 0.1) is 0 Å². The minimum absolute atomic E-state index is 0.833. The zero-order chi connectivity index (χ0) is 42.6. The van der Waals surface area contributed by atoms with Crippen LogP contribution in [0.2, 0.25) is 40.9 Å². The SMILES string of the molecule is CB(C)C.CB(C)C.CC.CC.CC.CC.CCC1=CCc2c1cc(C)c(C)c2C.CCC1=CCc2cc(C)ccc21.CCC1=CCc2cc(C)ccc21. The van der Waals surface area contributed by atoms with Crippen LogP contribution in [0.4, 0.5) is 0 Å². The summed E-state index contributed by atoms with van der Waals surface area (Å²) in [5.41, 5.74) is 20.7.